The summed E-state index contributed by atoms with van der Waals surface area (Å²) in [6.07, 6.45) is 3.57. The zero-order valence-electron chi connectivity index (χ0n) is 8.38. The lowest BCUT2D eigenvalue weighted by Crippen LogP contribution is -2.30. The predicted molar refractivity (Wildman–Crippen MR) is 58.6 cm³/mol. The van der Waals surface area contributed by atoms with E-state index >= 15 is 0 Å². The minimum absolute atomic E-state index is 0.0172. The lowest BCUT2D eigenvalue weighted by Gasteiger charge is -2.16. The number of nitrogens with two attached hydrogens (primary N) is 1. The zero-order valence-corrected chi connectivity index (χ0v) is 9.19. The standard InChI is InChI=1S/C9H18N2OS/c1-3-4-5-6-11(2)9(12)7-8(10)13/h3-7H2,1-2H3,(H2,10,13). The second-order valence-corrected chi connectivity index (χ2v) is 3.69. The van der Waals surface area contributed by atoms with Gasteiger partial charge in [-0.15, -0.1) is 0 Å². The summed E-state index contributed by atoms with van der Waals surface area (Å²) in [7, 11) is 1.79. The Bertz CT molecular complexity index is 182. The van der Waals surface area contributed by atoms with Crippen molar-refractivity contribution in [2.45, 2.75) is 32.6 Å². The molecule has 0 aliphatic heterocycles. The SMILES string of the molecule is CCCCCN(C)C(=O)CC(N)=S. The number of hydrogen-bond donors (Lipinski definition) is 1. The third kappa shape index (κ3) is 6.51. The maximum Gasteiger partial charge on any atom is 0.229 e. The molecule has 0 saturated carbocycles. The van der Waals surface area contributed by atoms with Gasteiger partial charge in [0.1, 0.15) is 0 Å². The third-order valence-corrected chi connectivity index (χ3v) is 1.99. The Morgan fingerprint density at radius 3 is 2.54 bits per heavy atom. The van der Waals surface area contributed by atoms with Crippen molar-refractivity contribution in [3.8, 4) is 0 Å². The molecular formula is C9H18N2OS. The van der Waals surface area contributed by atoms with Crippen molar-refractivity contribution in [3.63, 3.8) is 0 Å². The zero-order chi connectivity index (χ0) is 10.3. The molecule has 2 N–H and O–H groups in total. The van der Waals surface area contributed by atoms with E-state index in [1.165, 1.54) is 0 Å². The van der Waals surface area contributed by atoms with Crippen molar-refractivity contribution in [2.24, 2.45) is 5.73 Å². The second kappa shape index (κ2) is 6.83. The fourth-order valence-corrected chi connectivity index (χ4v) is 1.13. The van der Waals surface area contributed by atoms with Crippen molar-refractivity contribution < 1.29 is 4.79 Å². The van der Waals surface area contributed by atoms with Crippen LogP contribution in [-0.4, -0.2) is 29.4 Å². The highest BCUT2D eigenvalue weighted by atomic mass is 32.1. The second-order valence-electron chi connectivity index (χ2n) is 3.17. The van der Waals surface area contributed by atoms with Gasteiger partial charge in [0.2, 0.25) is 5.91 Å². The first-order chi connectivity index (χ1) is 6.07. The van der Waals surface area contributed by atoms with Gasteiger partial charge in [0, 0.05) is 13.6 Å². The minimum atomic E-state index is 0.0172. The number of thiocarbonyl (C=S) groups is 1. The van der Waals surface area contributed by atoms with E-state index in [-0.39, 0.29) is 17.3 Å². The topological polar surface area (TPSA) is 46.3 Å². The number of nitrogens with zero attached hydrogens (tertiary/aromatic N) is 1. The molecule has 0 spiro atoms. The first kappa shape index (κ1) is 12.4. The maximum absolute atomic E-state index is 11.3. The molecule has 76 valence electrons. The van der Waals surface area contributed by atoms with E-state index in [2.05, 4.69) is 19.1 Å². The molecule has 0 unspecified atom stereocenters. The molecule has 13 heavy (non-hydrogen) atoms. The Morgan fingerprint density at radius 2 is 2.08 bits per heavy atom. The van der Waals surface area contributed by atoms with E-state index in [0.29, 0.717) is 0 Å². The molecule has 1 amide bonds. The van der Waals surface area contributed by atoms with E-state index in [1.54, 1.807) is 11.9 Å². The summed E-state index contributed by atoms with van der Waals surface area (Å²) in [6.45, 7) is 2.94. The highest BCUT2D eigenvalue weighted by Gasteiger charge is 2.08. The molecule has 0 aliphatic rings. The van der Waals surface area contributed by atoms with Gasteiger partial charge in [-0.25, -0.2) is 0 Å². The molecule has 0 saturated heterocycles. The molecule has 0 aromatic carbocycles. The summed E-state index contributed by atoms with van der Waals surface area (Å²) < 4.78 is 0. The van der Waals surface area contributed by atoms with Gasteiger partial charge in [-0.05, 0) is 6.42 Å². The highest BCUT2D eigenvalue weighted by Crippen LogP contribution is 1.98. The molecule has 0 aliphatic carbocycles. The van der Waals surface area contributed by atoms with Crippen molar-refractivity contribution in [1.82, 2.24) is 4.90 Å². The quantitative estimate of drug-likeness (QED) is 0.522. The molecular weight excluding hydrogens is 184 g/mol. The Morgan fingerprint density at radius 1 is 1.46 bits per heavy atom. The maximum atomic E-state index is 11.3. The molecule has 3 nitrogen and oxygen atoms in total. The van der Waals surface area contributed by atoms with Gasteiger partial charge in [0.05, 0.1) is 11.4 Å². The third-order valence-electron chi connectivity index (χ3n) is 1.85. The summed E-state index contributed by atoms with van der Waals surface area (Å²) >= 11 is 4.66. The van der Waals surface area contributed by atoms with E-state index in [1.807, 2.05) is 0 Å². The lowest BCUT2D eigenvalue weighted by molar-refractivity contribution is -0.128. The Balaban J connectivity index is 3.63. The molecule has 0 aromatic heterocycles. The molecule has 0 heterocycles. The number of rotatable bonds is 6. The van der Waals surface area contributed by atoms with Crippen molar-refractivity contribution in [3.05, 3.63) is 0 Å². The van der Waals surface area contributed by atoms with Crippen LogP contribution in [-0.2, 0) is 4.79 Å². The highest BCUT2D eigenvalue weighted by molar-refractivity contribution is 7.80. The number of carbonyl (C=O) groups is 1. The van der Waals surface area contributed by atoms with Crippen LogP contribution in [0.4, 0.5) is 0 Å². The van der Waals surface area contributed by atoms with E-state index in [4.69, 9.17) is 5.73 Å². The van der Waals surface area contributed by atoms with Crippen molar-refractivity contribution >= 4 is 23.1 Å². The van der Waals surface area contributed by atoms with Crippen LogP contribution in [0.3, 0.4) is 0 Å². The van der Waals surface area contributed by atoms with E-state index < -0.39 is 0 Å². The first-order valence-corrected chi connectivity index (χ1v) is 5.01. The van der Waals surface area contributed by atoms with Crippen LogP contribution >= 0.6 is 12.2 Å². The van der Waals surface area contributed by atoms with Gasteiger partial charge in [-0.2, -0.15) is 0 Å². The summed E-state index contributed by atoms with van der Waals surface area (Å²) in [4.78, 5) is 13.3. The fraction of sp³-hybridized carbons (Fsp3) is 0.778. The molecule has 0 bridgehead atoms. The molecule has 0 atom stereocenters. The van der Waals surface area contributed by atoms with Gasteiger partial charge in [-0.3, -0.25) is 4.79 Å². The van der Waals surface area contributed by atoms with Crippen LogP contribution in [0.15, 0.2) is 0 Å². The summed E-state index contributed by atoms with van der Waals surface area (Å²) in [5.41, 5.74) is 5.27. The Hall–Kier alpha value is -0.640. The first-order valence-electron chi connectivity index (χ1n) is 4.60. The molecule has 0 aromatic rings. The summed E-state index contributed by atoms with van der Waals surface area (Å²) in [5.74, 6) is 0.0172. The summed E-state index contributed by atoms with van der Waals surface area (Å²) in [6, 6.07) is 0. The smallest absolute Gasteiger partial charge is 0.229 e. The predicted octanol–water partition coefficient (Wildman–Crippen LogP) is 1.31. The van der Waals surface area contributed by atoms with E-state index in [0.717, 1.165) is 25.8 Å². The number of carbonyl (C=O) groups excluding carboxylic acids is 1. The van der Waals surface area contributed by atoms with Crippen molar-refractivity contribution in [1.29, 1.82) is 0 Å². The number of hydrogen-bond acceptors (Lipinski definition) is 2. The van der Waals surface area contributed by atoms with E-state index in [9.17, 15) is 4.79 Å². The van der Waals surface area contributed by atoms with Gasteiger partial charge >= 0.3 is 0 Å². The Kier molecular flexibility index (Phi) is 6.49. The average Bonchev–Trinajstić information content (AvgIpc) is 2.03. The average molecular weight is 202 g/mol. The van der Waals surface area contributed by atoms with Crippen LogP contribution in [0.2, 0.25) is 0 Å². The Labute approximate surface area is 85.3 Å². The van der Waals surface area contributed by atoms with Crippen LogP contribution in [0.5, 0.6) is 0 Å². The monoisotopic (exact) mass is 202 g/mol. The van der Waals surface area contributed by atoms with Gasteiger partial charge in [0.25, 0.3) is 0 Å². The molecule has 0 rings (SSSR count). The molecule has 0 radical (unpaired) electrons. The van der Waals surface area contributed by atoms with Crippen LogP contribution < -0.4 is 5.73 Å². The van der Waals surface area contributed by atoms with Gasteiger partial charge in [0.15, 0.2) is 0 Å². The van der Waals surface area contributed by atoms with Crippen LogP contribution in [0.1, 0.15) is 32.6 Å². The van der Waals surface area contributed by atoms with Gasteiger partial charge in [-0.1, -0.05) is 32.0 Å². The number of unbranched alkanes of at least 4 members (excludes halogenated alkanes) is 2. The largest absolute Gasteiger partial charge is 0.393 e. The normalized spacial score (nSPS) is 9.69. The van der Waals surface area contributed by atoms with Gasteiger partial charge < -0.3 is 10.6 Å². The summed E-state index contributed by atoms with van der Waals surface area (Å²) in [5, 5.41) is 0. The molecule has 0 fully saturated rings. The number of amides is 1. The van der Waals surface area contributed by atoms with Crippen LogP contribution in [0, 0.1) is 0 Å². The fourth-order valence-electron chi connectivity index (χ4n) is 1.01. The van der Waals surface area contributed by atoms with Crippen LogP contribution in [0.25, 0.3) is 0 Å². The lowest BCUT2D eigenvalue weighted by atomic mass is 10.2. The minimum Gasteiger partial charge on any atom is -0.393 e. The molecule has 4 heteroatoms. The van der Waals surface area contributed by atoms with Crippen molar-refractivity contribution in [2.75, 3.05) is 13.6 Å².